The van der Waals surface area contributed by atoms with E-state index in [0.29, 0.717) is 0 Å². The first-order valence-electron chi connectivity index (χ1n) is 5.17. The number of aromatic nitrogens is 4. The first-order chi connectivity index (χ1) is 7.50. The molecule has 0 aliphatic rings. The summed E-state index contributed by atoms with van der Waals surface area (Å²) in [5.74, 6) is 0.851. The van der Waals surface area contributed by atoms with Crippen LogP contribution in [0.5, 0.6) is 0 Å². The molecule has 17 heavy (non-hydrogen) atoms. The Morgan fingerprint density at radius 2 is 1.71 bits per heavy atom. The fourth-order valence-corrected chi connectivity index (χ4v) is 1.57. The van der Waals surface area contributed by atoms with E-state index in [9.17, 15) is 0 Å². The molecule has 0 saturated carbocycles. The van der Waals surface area contributed by atoms with Gasteiger partial charge in [0.2, 0.25) is 12.1 Å². The first-order valence-corrected chi connectivity index (χ1v) is 5.17. The number of fused-ring (bicyclic) bond motifs is 1. The molecule has 0 aliphatic heterocycles. The molecular weight excluding hydrogens is 329 g/mol. The van der Waals surface area contributed by atoms with Crippen LogP contribution in [0.4, 0.5) is 5.82 Å². The second kappa shape index (κ2) is 5.07. The fourth-order valence-electron chi connectivity index (χ4n) is 1.57. The molecule has 0 bridgehead atoms. The van der Waals surface area contributed by atoms with Crippen LogP contribution in [-0.2, 0) is 7.05 Å². The Bertz CT molecular complexity index is 553. The van der Waals surface area contributed by atoms with Crippen molar-refractivity contribution < 1.29 is 28.5 Å². The minimum atomic E-state index is 0. The van der Waals surface area contributed by atoms with Crippen LogP contribution >= 0.6 is 0 Å². The summed E-state index contributed by atoms with van der Waals surface area (Å²) in [4.78, 5) is 15.4. The summed E-state index contributed by atoms with van der Waals surface area (Å²) in [5.41, 5.74) is 3.61. The molecule has 2 aromatic rings. The van der Waals surface area contributed by atoms with Gasteiger partial charge in [0, 0.05) is 14.1 Å². The van der Waals surface area contributed by atoms with Crippen LogP contribution in [0.2, 0.25) is 0 Å². The Kier molecular flexibility index (Phi) is 4.18. The summed E-state index contributed by atoms with van der Waals surface area (Å²) in [5, 5.41) is 0. The van der Waals surface area contributed by atoms with Crippen LogP contribution in [0.3, 0.4) is 0 Å². The molecule has 2 aromatic heterocycles. The van der Waals surface area contributed by atoms with Crippen molar-refractivity contribution >= 4 is 17.0 Å². The van der Waals surface area contributed by atoms with E-state index >= 15 is 0 Å². The van der Waals surface area contributed by atoms with Gasteiger partial charge < -0.3 is 28.9 Å². The highest BCUT2D eigenvalue weighted by atomic mass is 127. The monoisotopic (exact) mass is 345 g/mol. The van der Waals surface area contributed by atoms with E-state index in [1.807, 2.05) is 44.5 Å². The Balaban J connectivity index is 0.00000144. The number of hydrogen-bond donors (Lipinski definition) is 0. The van der Waals surface area contributed by atoms with Gasteiger partial charge in [-0.05, 0) is 13.8 Å². The average Bonchev–Trinajstić information content (AvgIpc) is 2.21. The van der Waals surface area contributed by atoms with E-state index in [1.54, 1.807) is 6.33 Å². The van der Waals surface area contributed by atoms with Crippen molar-refractivity contribution in [2.45, 2.75) is 13.8 Å². The highest BCUT2D eigenvalue weighted by Gasteiger charge is 2.17. The van der Waals surface area contributed by atoms with Gasteiger partial charge in [0.05, 0.1) is 12.7 Å². The third-order valence-electron chi connectivity index (χ3n) is 2.61. The minimum Gasteiger partial charge on any atom is -1.00 e. The lowest BCUT2D eigenvalue weighted by Gasteiger charge is -2.10. The maximum Gasteiger partial charge on any atom is 0.293 e. The largest absolute Gasteiger partial charge is 1.00 e. The second-order valence-corrected chi connectivity index (χ2v) is 4.14. The van der Waals surface area contributed by atoms with Gasteiger partial charge in [-0.15, -0.1) is 4.98 Å². The average molecular weight is 345 g/mol. The molecule has 6 heteroatoms. The Morgan fingerprint density at radius 1 is 1.12 bits per heavy atom. The van der Waals surface area contributed by atoms with Crippen molar-refractivity contribution in [3.05, 3.63) is 17.7 Å². The SMILES string of the molecule is Cc1nc2c(N(C)C)nc[n+](C)c2nc1C.[I-]. The number of aryl methyl sites for hydroxylation is 3. The standard InChI is InChI=1S/C11H16N5.HI/c1-7-8(2)14-11-9(13-7)10(15(3)4)12-6-16(11)5;/h6H,1-5H3;1H/q+1;/p-1. The van der Waals surface area contributed by atoms with Crippen LogP contribution in [-0.4, -0.2) is 29.0 Å². The van der Waals surface area contributed by atoms with E-state index in [4.69, 9.17) is 0 Å². The smallest absolute Gasteiger partial charge is 0.293 e. The molecule has 2 heterocycles. The third-order valence-corrected chi connectivity index (χ3v) is 2.61. The van der Waals surface area contributed by atoms with Crippen molar-refractivity contribution in [3.63, 3.8) is 0 Å². The number of anilines is 1. The van der Waals surface area contributed by atoms with Crippen molar-refractivity contribution in [2.75, 3.05) is 19.0 Å². The number of rotatable bonds is 1. The molecule has 0 spiro atoms. The van der Waals surface area contributed by atoms with E-state index in [1.165, 1.54) is 0 Å². The number of halogens is 1. The van der Waals surface area contributed by atoms with Crippen LogP contribution in [0.1, 0.15) is 11.4 Å². The van der Waals surface area contributed by atoms with E-state index in [2.05, 4.69) is 15.0 Å². The Morgan fingerprint density at radius 3 is 2.29 bits per heavy atom. The summed E-state index contributed by atoms with van der Waals surface area (Å²) < 4.78 is 1.89. The molecular formula is C11H16IN5. The van der Waals surface area contributed by atoms with Crippen LogP contribution in [0.25, 0.3) is 11.2 Å². The summed E-state index contributed by atoms with van der Waals surface area (Å²) in [6.45, 7) is 3.94. The van der Waals surface area contributed by atoms with Crippen molar-refractivity contribution in [3.8, 4) is 0 Å². The predicted molar refractivity (Wildman–Crippen MR) is 62.3 cm³/mol. The molecule has 0 amide bonds. The summed E-state index contributed by atoms with van der Waals surface area (Å²) >= 11 is 0. The zero-order valence-corrected chi connectivity index (χ0v) is 12.8. The van der Waals surface area contributed by atoms with Gasteiger partial charge in [0.1, 0.15) is 5.69 Å². The van der Waals surface area contributed by atoms with E-state index in [-0.39, 0.29) is 24.0 Å². The fraction of sp³-hybridized carbons (Fsp3) is 0.455. The van der Waals surface area contributed by atoms with Gasteiger partial charge in [-0.2, -0.15) is 0 Å². The summed E-state index contributed by atoms with van der Waals surface area (Å²) in [6.07, 6.45) is 1.76. The van der Waals surface area contributed by atoms with Gasteiger partial charge in [0.15, 0.2) is 5.52 Å². The van der Waals surface area contributed by atoms with Crippen LogP contribution in [0, 0.1) is 13.8 Å². The third kappa shape index (κ3) is 2.46. The first kappa shape index (κ1) is 14.0. The maximum absolute atomic E-state index is 4.57. The molecule has 92 valence electrons. The zero-order chi connectivity index (χ0) is 11.9. The maximum atomic E-state index is 4.57. The predicted octanol–water partition coefficient (Wildman–Crippen LogP) is -2.46. The molecule has 5 nitrogen and oxygen atoms in total. The lowest BCUT2D eigenvalue weighted by molar-refractivity contribution is -0.649. The van der Waals surface area contributed by atoms with Gasteiger partial charge in [0.25, 0.3) is 5.65 Å². The lowest BCUT2D eigenvalue weighted by atomic mass is 10.3. The zero-order valence-electron chi connectivity index (χ0n) is 10.7. The van der Waals surface area contributed by atoms with Gasteiger partial charge in [-0.3, -0.25) is 0 Å². The normalized spacial score (nSPS) is 10.2. The van der Waals surface area contributed by atoms with E-state index < -0.39 is 0 Å². The highest BCUT2D eigenvalue weighted by Crippen LogP contribution is 2.17. The molecule has 0 atom stereocenters. The van der Waals surface area contributed by atoms with Gasteiger partial charge >= 0.3 is 0 Å². The highest BCUT2D eigenvalue weighted by molar-refractivity contribution is 5.80. The minimum absolute atomic E-state index is 0. The van der Waals surface area contributed by atoms with Crippen LogP contribution < -0.4 is 33.4 Å². The van der Waals surface area contributed by atoms with Crippen molar-refractivity contribution in [1.29, 1.82) is 0 Å². The summed E-state index contributed by atoms with van der Waals surface area (Å²) in [7, 11) is 5.84. The molecule has 0 N–H and O–H groups in total. The number of nitrogens with zero attached hydrogens (tertiary/aromatic N) is 5. The number of hydrogen-bond acceptors (Lipinski definition) is 4. The molecule has 0 fully saturated rings. The Labute approximate surface area is 118 Å². The topological polar surface area (TPSA) is 45.8 Å². The molecule has 2 rings (SSSR count). The Hall–Kier alpha value is -1.05. The second-order valence-electron chi connectivity index (χ2n) is 4.14. The lowest BCUT2D eigenvalue weighted by Crippen LogP contribution is -3.00. The van der Waals surface area contributed by atoms with Gasteiger partial charge in [-0.1, -0.05) is 4.98 Å². The molecule has 0 aromatic carbocycles. The molecule has 0 unspecified atom stereocenters. The van der Waals surface area contributed by atoms with Gasteiger partial charge in [-0.25, -0.2) is 9.55 Å². The molecule has 0 aliphatic carbocycles. The van der Waals surface area contributed by atoms with Crippen LogP contribution in [0.15, 0.2) is 6.33 Å². The summed E-state index contributed by atoms with van der Waals surface area (Å²) in [6, 6.07) is 0. The molecule has 0 radical (unpaired) electrons. The van der Waals surface area contributed by atoms with E-state index in [0.717, 1.165) is 28.4 Å². The molecule has 0 saturated heterocycles. The van der Waals surface area contributed by atoms with Crippen molar-refractivity contribution in [2.24, 2.45) is 7.05 Å². The quantitative estimate of drug-likeness (QED) is 0.425. The van der Waals surface area contributed by atoms with Crippen molar-refractivity contribution in [1.82, 2.24) is 15.0 Å².